The summed E-state index contributed by atoms with van der Waals surface area (Å²) in [6, 6.07) is 17.2. The van der Waals surface area contributed by atoms with E-state index >= 15 is 0 Å². The Bertz CT molecular complexity index is 1520. The van der Waals surface area contributed by atoms with Crippen LogP contribution in [0.3, 0.4) is 0 Å². The van der Waals surface area contributed by atoms with Gasteiger partial charge in [0.1, 0.15) is 24.1 Å². The lowest BCUT2D eigenvalue weighted by atomic mass is 9.97. The van der Waals surface area contributed by atoms with Gasteiger partial charge >= 0.3 is 0 Å². The summed E-state index contributed by atoms with van der Waals surface area (Å²) in [4.78, 5) is 26.5. The van der Waals surface area contributed by atoms with E-state index in [4.69, 9.17) is 24.4 Å². The van der Waals surface area contributed by atoms with Crippen molar-refractivity contribution in [2.24, 2.45) is 5.18 Å². The monoisotopic (exact) mass is 582 g/mol. The van der Waals surface area contributed by atoms with Crippen molar-refractivity contribution in [2.45, 2.75) is 79.4 Å². The van der Waals surface area contributed by atoms with E-state index in [0.717, 1.165) is 52.6 Å². The molecule has 0 spiro atoms. The van der Waals surface area contributed by atoms with Gasteiger partial charge in [0, 0.05) is 22.8 Å². The van der Waals surface area contributed by atoms with Crippen molar-refractivity contribution in [3.63, 3.8) is 0 Å². The number of aromatic nitrogens is 3. The van der Waals surface area contributed by atoms with Gasteiger partial charge in [0.2, 0.25) is 0 Å². The number of benzene rings is 3. The Morgan fingerprint density at radius 2 is 1.33 bits per heavy atom. The Hall–Kier alpha value is -4.01. The number of nitroso groups, excluding NO2 is 1. The van der Waals surface area contributed by atoms with Gasteiger partial charge in [0.15, 0.2) is 17.5 Å². The standard InChI is InChI=1S/C35H42N4O4/c1-8-16-35(7,9-2)43-21-26(40)20-42-27-12-15-30(31(19-27)39-41)34-37-32(28-13-10-22(3)17-24(28)5)36-33(38-34)29-14-11-23(4)18-25(29)6/h10-15,17-19,26,40H,8-9,16,20-21H2,1-7H3. The van der Waals surface area contributed by atoms with Crippen LogP contribution in [0.5, 0.6) is 5.75 Å². The average molecular weight is 583 g/mol. The lowest BCUT2D eigenvalue weighted by molar-refractivity contribution is -0.0834. The zero-order valence-electron chi connectivity index (χ0n) is 26.3. The fraction of sp³-hybridized carbons (Fsp3) is 0.400. The number of nitrogens with zero attached hydrogens (tertiary/aromatic N) is 4. The molecule has 0 amide bonds. The second kappa shape index (κ2) is 14.0. The van der Waals surface area contributed by atoms with Crippen molar-refractivity contribution in [1.82, 2.24) is 15.0 Å². The molecular weight excluding hydrogens is 540 g/mol. The quantitative estimate of drug-likeness (QED) is 0.158. The van der Waals surface area contributed by atoms with Gasteiger partial charge in [-0.05, 0) is 75.9 Å². The summed E-state index contributed by atoms with van der Waals surface area (Å²) in [7, 11) is 0. The Morgan fingerprint density at radius 3 is 1.81 bits per heavy atom. The molecule has 0 saturated carbocycles. The molecule has 0 bridgehead atoms. The minimum atomic E-state index is -0.820. The highest BCUT2D eigenvalue weighted by Gasteiger charge is 2.23. The van der Waals surface area contributed by atoms with Crippen molar-refractivity contribution in [1.29, 1.82) is 0 Å². The fourth-order valence-corrected chi connectivity index (χ4v) is 5.15. The molecule has 0 aliphatic heterocycles. The Morgan fingerprint density at radius 1 is 0.791 bits per heavy atom. The van der Waals surface area contributed by atoms with Crippen LogP contribution in [-0.4, -0.2) is 45.0 Å². The van der Waals surface area contributed by atoms with Gasteiger partial charge in [0.25, 0.3) is 0 Å². The van der Waals surface area contributed by atoms with Crippen molar-refractivity contribution in [2.75, 3.05) is 13.2 Å². The summed E-state index contributed by atoms with van der Waals surface area (Å²) in [6.07, 6.45) is 1.96. The van der Waals surface area contributed by atoms with Crippen LogP contribution in [0.1, 0.15) is 62.3 Å². The molecule has 1 heterocycles. The van der Waals surface area contributed by atoms with E-state index in [1.165, 1.54) is 0 Å². The largest absolute Gasteiger partial charge is 0.491 e. The summed E-state index contributed by atoms with van der Waals surface area (Å²) in [5, 5.41) is 13.8. The Labute approximate surface area is 254 Å². The molecule has 0 aliphatic carbocycles. The minimum Gasteiger partial charge on any atom is -0.491 e. The molecule has 226 valence electrons. The molecule has 0 aliphatic rings. The number of aliphatic hydroxyl groups excluding tert-OH is 1. The van der Waals surface area contributed by atoms with Crippen molar-refractivity contribution < 1.29 is 14.6 Å². The summed E-state index contributed by atoms with van der Waals surface area (Å²) >= 11 is 0. The second-order valence-electron chi connectivity index (χ2n) is 11.5. The molecule has 8 heteroatoms. The van der Waals surface area contributed by atoms with Gasteiger partial charge in [-0.25, -0.2) is 15.0 Å². The highest BCUT2D eigenvalue weighted by atomic mass is 16.5. The first-order valence-electron chi connectivity index (χ1n) is 14.9. The van der Waals surface area contributed by atoms with Crippen LogP contribution < -0.4 is 4.74 Å². The maximum Gasteiger partial charge on any atom is 0.166 e. The van der Waals surface area contributed by atoms with E-state index in [1.54, 1.807) is 18.2 Å². The number of aryl methyl sites for hydroxylation is 4. The number of hydrogen-bond donors (Lipinski definition) is 1. The minimum absolute atomic E-state index is 0.0169. The number of rotatable bonds is 13. The summed E-state index contributed by atoms with van der Waals surface area (Å²) < 4.78 is 11.8. The van der Waals surface area contributed by atoms with E-state index in [2.05, 4.69) is 38.1 Å². The van der Waals surface area contributed by atoms with Crippen LogP contribution in [-0.2, 0) is 4.74 Å². The zero-order chi connectivity index (χ0) is 31.1. The molecule has 0 fully saturated rings. The van der Waals surface area contributed by atoms with Crippen LogP contribution >= 0.6 is 0 Å². The SMILES string of the molecule is CCCC(C)(CC)OCC(O)COc1ccc(-c2nc(-c3ccc(C)cc3C)nc(-c3ccc(C)cc3C)n2)c(N=O)c1. The Balaban J connectivity index is 1.66. The molecule has 2 atom stereocenters. The van der Waals surface area contributed by atoms with Crippen LogP contribution in [0.2, 0.25) is 0 Å². The molecule has 4 rings (SSSR count). The van der Waals surface area contributed by atoms with Crippen molar-refractivity contribution in [3.8, 4) is 39.9 Å². The normalized spacial score (nSPS) is 13.4. The molecule has 1 aromatic heterocycles. The second-order valence-corrected chi connectivity index (χ2v) is 11.5. The summed E-state index contributed by atoms with van der Waals surface area (Å²) in [5.74, 6) is 1.77. The molecule has 43 heavy (non-hydrogen) atoms. The first-order valence-corrected chi connectivity index (χ1v) is 14.9. The highest BCUT2D eigenvalue weighted by Crippen LogP contribution is 2.35. The van der Waals surface area contributed by atoms with Gasteiger partial charge in [-0.3, -0.25) is 0 Å². The third kappa shape index (κ3) is 7.89. The third-order valence-corrected chi connectivity index (χ3v) is 7.78. The highest BCUT2D eigenvalue weighted by molar-refractivity contribution is 5.76. The van der Waals surface area contributed by atoms with E-state index in [-0.39, 0.29) is 24.5 Å². The first kappa shape index (κ1) is 31.9. The first-order chi connectivity index (χ1) is 20.6. The summed E-state index contributed by atoms with van der Waals surface area (Å²) in [6.45, 7) is 14.6. The molecule has 2 unspecified atom stereocenters. The van der Waals surface area contributed by atoms with Gasteiger partial charge in [-0.15, -0.1) is 4.91 Å². The van der Waals surface area contributed by atoms with Crippen molar-refractivity contribution in [3.05, 3.63) is 81.8 Å². The molecule has 3 aromatic carbocycles. The maximum atomic E-state index is 12.0. The van der Waals surface area contributed by atoms with Gasteiger partial charge in [0.05, 0.1) is 12.2 Å². The van der Waals surface area contributed by atoms with E-state index in [0.29, 0.717) is 28.8 Å². The topological polar surface area (TPSA) is 107 Å². The molecule has 8 nitrogen and oxygen atoms in total. The number of aliphatic hydroxyl groups is 1. The number of ether oxygens (including phenoxy) is 2. The van der Waals surface area contributed by atoms with Crippen LogP contribution in [0.15, 0.2) is 59.8 Å². The molecule has 0 radical (unpaired) electrons. The van der Waals surface area contributed by atoms with Crippen LogP contribution in [0.4, 0.5) is 5.69 Å². The maximum absolute atomic E-state index is 12.0. The summed E-state index contributed by atoms with van der Waals surface area (Å²) in [5.41, 5.74) is 6.46. The van der Waals surface area contributed by atoms with Gasteiger partial charge in [-0.2, -0.15) is 0 Å². The average Bonchev–Trinajstić information content (AvgIpc) is 2.98. The number of hydrogen-bond acceptors (Lipinski definition) is 8. The predicted octanol–water partition coefficient (Wildman–Crippen LogP) is 8.23. The third-order valence-electron chi connectivity index (χ3n) is 7.78. The lowest BCUT2D eigenvalue weighted by Crippen LogP contribution is -2.33. The van der Waals surface area contributed by atoms with Gasteiger partial charge < -0.3 is 14.6 Å². The van der Waals surface area contributed by atoms with Gasteiger partial charge in [-0.1, -0.05) is 67.8 Å². The molecule has 0 saturated heterocycles. The lowest BCUT2D eigenvalue weighted by Gasteiger charge is -2.29. The smallest absolute Gasteiger partial charge is 0.166 e. The molecule has 4 aromatic rings. The predicted molar refractivity (Wildman–Crippen MR) is 172 cm³/mol. The van der Waals surface area contributed by atoms with E-state index in [1.807, 2.05) is 52.0 Å². The van der Waals surface area contributed by atoms with E-state index in [9.17, 15) is 10.0 Å². The molecular formula is C35H42N4O4. The van der Waals surface area contributed by atoms with E-state index < -0.39 is 6.10 Å². The Kier molecular flexibility index (Phi) is 10.4. The zero-order valence-corrected chi connectivity index (χ0v) is 26.3. The fourth-order valence-electron chi connectivity index (χ4n) is 5.15. The van der Waals surface area contributed by atoms with Crippen LogP contribution in [0.25, 0.3) is 34.2 Å². The molecule has 1 N–H and O–H groups in total. The van der Waals surface area contributed by atoms with Crippen LogP contribution in [0, 0.1) is 32.6 Å². The van der Waals surface area contributed by atoms with Crippen molar-refractivity contribution >= 4 is 5.69 Å².